The highest BCUT2D eigenvalue weighted by Crippen LogP contribution is 2.57. The van der Waals surface area contributed by atoms with Gasteiger partial charge in [-0.25, -0.2) is 14.0 Å². The van der Waals surface area contributed by atoms with Gasteiger partial charge in [0.05, 0.1) is 5.54 Å². The van der Waals surface area contributed by atoms with Gasteiger partial charge < -0.3 is 19.3 Å². The van der Waals surface area contributed by atoms with Crippen LogP contribution >= 0.6 is 0 Å². The summed E-state index contributed by atoms with van der Waals surface area (Å²) in [6, 6.07) is 15.9. The zero-order valence-corrected chi connectivity index (χ0v) is 19.6. The molecule has 2 amide bonds. The molecular weight excluding hydrogens is 423 g/mol. The molecule has 0 aromatic heterocycles. The van der Waals surface area contributed by atoms with Gasteiger partial charge in [-0.2, -0.15) is 0 Å². The molecule has 2 heterocycles. The number of hydrogen-bond donors (Lipinski definition) is 0. The molecule has 0 N–H and O–H groups in total. The van der Waals surface area contributed by atoms with Crippen molar-refractivity contribution >= 4 is 12.2 Å². The number of rotatable bonds is 4. The van der Waals surface area contributed by atoms with Gasteiger partial charge in [-0.05, 0) is 56.9 Å². The molecule has 2 bridgehead atoms. The van der Waals surface area contributed by atoms with Gasteiger partial charge in [0, 0.05) is 25.6 Å². The molecule has 5 rings (SSSR count). The summed E-state index contributed by atoms with van der Waals surface area (Å²) in [5.74, 6) is -0.304. The van der Waals surface area contributed by atoms with Crippen molar-refractivity contribution in [1.82, 2.24) is 9.80 Å². The van der Waals surface area contributed by atoms with Crippen molar-refractivity contribution in [2.24, 2.45) is 0 Å². The van der Waals surface area contributed by atoms with Crippen LogP contribution in [0.3, 0.4) is 0 Å². The number of carbonyl (C=O) groups is 2. The molecule has 1 saturated carbocycles. The average molecular weight is 455 g/mol. The van der Waals surface area contributed by atoms with E-state index in [4.69, 9.17) is 9.47 Å². The first-order chi connectivity index (χ1) is 15.5. The van der Waals surface area contributed by atoms with Crippen LogP contribution in [0, 0.1) is 5.82 Å². The van der Waals surface area contributed by atoms with Crippen molar-refractivity contribution in [3.05, 3.63) is 71.5 Å². The number of hydrogen-bond acceptors (Lipinski definition) is 4. The molecule has 2 aromatic carbocycles. The monoisotopic (exact) mass is 454 g/mol. The second-order valence-corrected chi connectivity index (χ2v) is 10.3. The van der Waals surface area contributed by atoms with Crippen molar-refractivity contribution in [1.29, 1.82) is 0 Å². The average Bonchev–Trinajstić information content (AvgIpc) is 2.76. The van der Waals surface area contributed by atoms with Gasteiger partial charge in [-0.3, -0.25) is 0 Å². The normalized spacial score (nSPS) is 24.0. The summed E-state index contributed by atoms with van der Waals surface area (Å²) < 4.78 is 24.8. The number of fused-ring (bicyclic) bond motifs is 2. The predicted octanol–water partition coefficient (Wildman–Crippen LogP) is 5.12. The van der Waals surface area contributed by atoms with E-state index in [1.54, 1.807) is 29.0 Å². The molecule has 6 nitrogen and oxygen atoms in total. The third kappa shape index (κ3) is 4.68. The molecule has 0 atom stereocenters. The van der Waals surface area contributed by atoms with Crippen molar-refractivity contribution in [2.45, 2.75) is 56.8 Å². The third-order valence-electron chi connectivity index (χ3n) is 6.61. The minimum atomic E-state index is -0.630. The molecule has 0 spiro atoms. The number of amides is 2. The third-order valence-corrected chi connectivity index (χ3v) is 6.61. The molecule has 0 radical (unpaired) electrons. The first-order valence-corrected chi connectivity index (χ1v) is 11.2. The molecule has 3 fully saturated rings. The molecule has 2 aromatic rings. The van der Waals surface area contributed by atoms with Gasteiger partial charge in [0.25, 0.3) is 0 Å². The maximum absolute atomic E-state index is 13.6. The Labute approximate surface area is 194 Å². The maximum Gasteiger partial charge on any atom is 0.410 e. The summed E-state index contributed by atoms with van der Waals surface area (Å²) in [5.41, 5.74) is 0.299. The predicted molar refractivity (Wildman–Crippen MR) is 122 cm³/mol. The van der Waals surface area contributed by atoms with Crippen LogP contribution in [0.1, 0.15) is 44.7 Å². The highest BCUT2D eigenvalue weighted by molar-refractivity contribution is 5.72. The molecule has 176 valence electrons. The molecule has 7 heteroatoms. The lowest BCUT2D eigenvalue weighted by Gasteiger charge is -2.65. The zero-order chi connectivity index (χ0) is 23.9. The number of halogens is 1. The Bertz CT molecular complexity index is 1010. The van der Waals surface area contributed by atoms with Gasteiger partial charge in [0.1, 0.15) is 18.0 Å². The second kappa shape index (κ2) is 8.36. The van der Waals surface area contributed by atoms with E-state index in [1.165, 1.54) is 12.1 Å². The Hall–Kier alpha value is -3.09. The maximum atomic E-state index is 13.6. The van der Waals surface area contributed by atoms with E-state index in [9.17, 15) is 14.0 Å². The first-order valence-electron chi connectivity index (χ1n) is 11.2. The summed E-state index contributed by atoms with van der Waals surface area (Å²) in [6.07, 6.45) is 0.491. The Morgan fingerprint density at radius 2 is 1.67 bits per heavy atom. The summed E-state index contributed by atoms with van der Waals surface area (Å²) in [7, 11) is 1.72. The van der Waals surface area contributed by atoms with Crippen molar-refractivity contribution in [3.8, 4) is 0 Å². The largest absolute Gasteiger partial charge is 0.445 e. The SMILES string of the molecule is CN(C(=O)OCc1ccccc1)C12CN(C(=O)OC(C)(C)C)CC(c3ccc(F)cc3)(C1)C2. The van der Waals surface area contributed by atoms with E-state index >= 15 is 0 Å². The quantitative estimate of drug-likeness (QED) is 0.644. The van der Waals surface area contributed by atoms with Crippen LogP contribution in [0.15, 0.2) is 54.6 Å². The minimum Gasteiger partial charge on any atom is -0.445 e. The van der Waals surface area contributed by atoms with Gasteiger partial charge >= 0.3 is 12.2 Å². The number of likely N-dealkylation sites (N-methyl/N-ethyl adjacent to an activating group) is 1. The number of carbonyl (C=O) groups excluding carboxylic acids is 2. The number of benzene rings is 2. The van der Waals surface area contributed by atoms with Crippen LogP contribution in [0.5, 0.6) is 0 Å². The van der Waals surface area contributed by atoms with E-state index in [1.807, 2.05) is 51.1 Å². The van der Waals surface area contributed by atoms with Crippen LogP contribution in [-0.2, 0) is 21.5 Å². The Morgan fingerprint density at radius 3 is 2.27 bits per heavy atom. The highest BCUT2D eigenvalue weighted by atomic mass is 19.1. The number of ether oxygens (including phenoxy) is 2. The second-order valence-electron chi connectivity index (χ2n) is 10.3. The topological polar surface area (TPSA) is 59.1 Å². The van der Waals surface area contributed by atoms with Crippen LogP contribution in [0.2, 0.25) is 0 Å². The fourth-order valence-electron chi connectivity index (χ4n) is 5.12. The molecule has 1 aliphatic carbocycles. The molecule has 2 saturated heterocycles. The minimum absolute atomic E-state index is 0.180. The van der Waals surface area contributed by atoms with Gasteiger partial charge in [-0.15, -0.1) is 0 Å². The lowest BCUT2D eigenvalue weighted by atomic mass is 9.51. The first kappa shape index (κ1) is 23.1. The molecule has 0 unspecified atom stereocenters. The summed E-state index contributed by atoms with van der Waals surface area (Å²) >= 11 is 0. The van der Waals surface area contributed by atoms with Crippen LogP contribution in [0.25, 0.3) is 0 Å². The number of piperidine rings is 2. The summed E-state index contributed by atoms with van der Waals surface area (Å²) in [6.45, 7) is 6.49. The van der Waals surface area contributed by atoms with E-state index in [0.717, 1.165) is 11.1 Å². The van der Waals surface area contributed by atoms with Gasteiger partial charge in [0.2, 0.25) is 0 Å². The molecular formula is C26H31FN2O4. The van der Waals surface area contributed by atoms with Crippen LogP contribution in [-0.4, -0.2) is 53.3 Å². The van der Waals surface area contributed by atoms with Crippen molar-refractivity contribution in [2.75, 3.05) is 20.1 Å². The van der Waals surface area contributed by atoms with Crippen molar-refractivity contribution in [3.63, 3.8) is 0 Å². The Morgan fingerprint density at radius 1 is 1.03 bits per heavy atom. The van der Waals surface area contributed by atoms with E-state index in [2.05, 4.69) is 0 Å². The van der Waals surface area contributed by atoms with Crippen molar-refractivity contribution < 1.29 is 23.5 Å². The fraction of sp³-hybridized carbons (Fsp3) is 0.462. The number of nitrogens with zero attached hydrogens (tertiary/aromatic N) is 2. The van der Waals surface area contributed by atoms with Gasteiger partial charge in [0.15, 0.2) is 0 Å². The van der Waals surface area contributed by atoms with E-state index < -0.39 is 23.3 Å². The molecule has 2 aliphatic heterocycles. The highest BCUT2D eigenvalue weighted by Gasteiger charge is 2.64. The van der Waals surface area contributed by atoms with E-state index in [0.29, 0.717) is 25.9 Å². The van der Waals surface area contributed by atoms with Gasteiger partial charge in [-0.1, -0.05) is 42.5 Å². The lowest BCUT2D eigenvalue weighted by molar-refractivity contribution is -0.103. The van der Waals surface area contributed by atoms with E-state index in [-0.39, 0.29) is 17.8 Å². The Balaban J connectivity index is 1.55. The molecule has 3 aliphatic rings. The fourth-order valence-corrected chi connectivity index (χ4v) is 5.12. The Kier molecular flexibility index (Phi) is 5.85. The zero-order valence-electron chi connectivity index (χ0n) is 19.6. The van der Waals surface area contributed by atoms with Crippen LogP contribution < -0.4 is 0 Å². The smallest absolute Gasteiger partial charge is 0.410 e. The lowest BCUT2D eigenvalue weighted by Crippen LogP contribution is -2.75. The summed E-state index contributed by atoms with van der Waals surface area (Å²) in [5, 5.41) is 0. The molecule has 33 heavy (non-hydrogen) atoms. The van der Waals surface area contributed by atoms with Crippen LogP contribution in [0.4, 0.5) is 14.0 Å². The standard InChI is InChI=1S/C26H31FN2O4/c1-24(2,3)33-23(31)29-17-25(20-10-12-21(27)13-11-20)15-26(16-25,18-29)28(4)22(30)32-14-19-8-6-5-7-9-19/h5-13H,14-18H2,1-4H3. The summed E-state index contributed by atoms with van der Waals surface area (Å²) in [4.78, 5) is 29.2.